The number of hydrogen-bond acceptors (Lipinski definition) is 2. The van der Waals surface area contributed by atoms with E-state index in [4.69, 9.17) is 0 Å². The molecule has 0 saturated heterocycles. The van der Waals surface area contributed by atoms with Gasteiger partial charge in [0.15, 0.2) is 0 Å². The topological polar surface area (TPSA) is 46.4 Å². The molecule has 1 amide bonds. The minimum Gasteiger partial charge on any atom is -0.320 e. The Kier molecular flexibility index (Phi) is 3.82. The molecule has 1 N–H and O–H groups in total. The molecule has 0 spiro atoms. The van der Waals surface area contributed by atoms with E-state index >= 15 is 0 Å². The van der Waals surface area contributed by atoms with Crippen LogP contribution in [-0.2, 0) is 0 Å². The monoisotopic (exact) mass is 407 g/mol. The first-order valence-electron chi connectivity index (χ1n) is 6.26. The Morgan fingerprint density at radius 1 is 1.24 bits per heavy atom. The fourth-order valence-electron chi connectivity index (χ4n) is 2.03. The Balaban J connectivity index is 1.92. The number of aromatic nitrogens is 2. The number of carbonyl (C=O) groups is 1. The van der Waals surface area contributed by atoms with E-state index in [1.807, 2.05) is 47.7 Å². The SMILES string of the molecule is Cc1cccc2nc(C(=O)Nc3ccc(Br)cc3Br)cn12. The third kappa shape index (κ3) is 2.87. The molecule has 3 rings (SSSR count). The fraction of sp³-hybridized carbons (Fsp3) is 0.0667. The number of hydrogen-bond donors (Lipinski definition) is 1. The number of amides is 1. The highest BCUT2D eigenvalue weighted by molar-refractivity contribution is 9.11. The molecule has 106 valence electrons. The molecular formula is C15H11Br2N3O. The van der Waals surface area contributed by atoms with E-state index in [1.165, 1.54) is 0 Å². The molecule has 2 aromatic heterocycles. The van der Waals surface area contributed by atoms with Crippen LogP contribution >= 0.6 is 31.9 Å². The molecule has 0 radical (unpaired) electrons. The van der Waals surface area contributed by atoms with Gasteiger partial charge in [-0.1, -0.05) is 22.0 Å². The molecule has 0 aliphatic carbocycles. The Bertz CT molecular complexity index is 842. The van der Waals surface area contributed by atoms with Gasteiger partial charge < -0.3 is 9.72 Å². The number of imidazole rings is 1. The summed E-state index contributed by atoms with van der Waals surface area (Å²) in [5, 5.41) is 2.85. The van der Waals surface area contributed by atoms with Crippen LogP contribution in [0.25, 0.3) is 5.65 Å². The third-order valence-electron chi connectivity index (χ3n) is 3.11. The van der Waals surface area contributed by atoms with Gasteiger partial charge in [0.1, 0.15) is 11.3 Å². The summed E-state index contributed by atoms with van der Waals surface area (Å²) < 4.78 is 3.65. The normalized spacial score (nSPS) is 10.8. The maximum atomic E-state index is 12.3. The van der Waals surface area contributed by atoms with Crippen LogP contribution in [0.1, 0.15) is 16.2 Å². The van der Waals surface area contributed by atoms with E-state index in [-0.39, 0.29) is 5.91 Å². The maximum absolute atomic E-state index is 12.3. The van der Waals surface area contributed by atoms with Crippen molar-refractivity contribution in [1.82, 2.24) is 9.38 Å². The lowest BCUT2D eigenvalue weighted by atomic mass is 10.3. The first-order chi connectivity index (χ1) is 10.0. The summed E-state index contributed by atoms with van der Waals surface area (Å²) in [6.45, 7) is 1.97. The van der Waals surface area contributed by atoms with Crippen LogP contribution in [-0.4, -0.2) is 15.3 Å². The summed E-state index contributed by atoms with van der Waals surface area (Å²) in [6, 6.07) is 11.3. The molecule has 21 heavy (non-hydrogen) atoms. The highest BCUT2D eigenvalue weighted by Crippen LogP contribution is 2.26. The van der Waals surface area contributed by atoms with Gasteiger partial charge in [0.2, 0.25) is 0 Å². The highest BCUT2D eigenvalue weighted by atomic mass is 79.9. The van der Waals surface area contributed by atoms with Crippen molar-refractivity contribution in [2.24, 2.45) is 0 Å². The van der Waals surface area contributed by atoms with Gasteiger partial charge in [0.05, 0.1) is 5.69 Å². The molecule has 0 aliphatic rings. The summed E-state index contributed by atoms with van der Waals surface area (Å²) in [4.78, 5) is 16.7. The predicted octanol–water partition coefficient (Wildman–Crippen LogP) is 4.42. The molecule has 4 nitrogen and oxygen atoms in total. The van der Waals surface area contributed by atoms with Gasteiger partial charge in [-0.3, -0.25) is 4.79 Å². The van der Waals surface area contributed by atoms with E-state index in [2.05, 4.69) is 42.2 Å². The van der Waals surface area contributed by atoms with E-state index in [1.54, 1.807) is 6.20 Å². The largest absolute Gasteiger partial charge is 0.320 e. The molecule has 2 heterocycles. The number of halogens is 2. The van der Waals surface area contributed by atoms with Crippen molar-refractivity contribution >= 4 is 49.1 Å². The number of aryl methyl sites for hydroxylation is 1. The lowest BCUT2D eigenvalue weighted by molar-refractivity contribution is 0.102. The zero-order valence-electron chi connectivity index (χ0n) is 11.1. The number of nitrogens with one attached hydrogen (secondary N) is 1. The lowest BCUT2D eigenvalue weighted by Crippen LogP contribution is -2.12. The number of anilines is 1. The summed E-state index contributed by atoms with van der Waals surface area (Å²) in [6.07, 6.45) is 1.74. The van der Waals surface area contributed by atoms with Crippen LogP contribution in [0.3, 0.4) is 0 Å². The van der Waals surface area contributed by atoms with Crippen LogP contribution in [0.2, 0.25) is 0 Å². The smallest absolute Gasteiger partial charge is 0.275 e. The van der Waals surface area contributed by atoms with Gasteiger partial charge >= 0.3 is 0 Å². The second-order valence-electron chi connectivity index (χ2n) is 4.60. The van der Waals surface area contributed by atoms with Gasteiger partial charge in [-0.05, 0) is 53.2 Å². The number of fused-ring (bicyclic) bond motifs is 1. The van der Waals surface area contributed by atoms with Crippen LogP contribution in [0.4, 0.5) is 5.69 Å². The number of benzene rings is 1. The molecule has 0 fully saturated rings. The van der Waals surface area contributed by atoms with Crippen molar-refractivity contribution in [2.45, 2.75) is 6.92 Å². The average Bonchev–Trinajstić information content (AvgIpc) is 2.87. The van der Waals surface area contributed by atoms with Crippen LogP contribution in [0, 0.1) is 6.92 Å². The quantitative estimate of drug-likeness (QED) is 0.682. The molecule has 0 bridgehead atoms. The standard InChI is InChI=1S/C15H11Br2N3O/c1-9-3-2-4-14-18-13(8-20(9)14)15(21)19-12-6-5-10(16)7-11(12)17/h2-8H,1H3,(H,19,21). The average molecular weight is 409 g/mol. The second-order valence-corrected chi connectivity index (χ2v) is 6.37. The number of nitrogens with zero attached hydrogens (tertiary/aromatic N) is 2. The number of rotatable bonds is 2. The molecular weight excluding hydrogens is 398 g/mol. The Labute approximate surface area is 138 Å². The van der Waals surface area contributed by atoms with E-state index < -0.39 is 0 Å². The van der Waals surface area contributed by atoms with E-state index in [0.29, 0.717) is 11.4 Å². The third-order valence-corrected chi connectivity index (χ3v) is 4.26. The molecule has 0 aliphatic heterocycles. The first kappa shape index (κ1) is 14.3. The minimum absolute atomic E-state index is 0.235. The zero-order valence-corrected chi connectivity index (χ0v) is 14.3. The van der Waals surface area contributed by atoms with E-state index in [0.717, 1.165) is 20.3 Å². The Morgan fingerprint density at radius 2 is 2.05 bits per heavy atom. The number of carbonyl (C=O) groups excluding carboxylic acids is 1. The van der Waals surface area contributed by atoms with E-state index in [9.17, 15) is 4.79 Å². The van der Waals surface area contributed by atoms with Gasteiger partial charge in [0.25, 0.3) is 5.91 Å². The molecule has 0 saturated carbocycles. The Morgan fingerprint density at radius 3 is 2.76 bits per heavy atom. The molecule has 6 heteroatoms. The number of pyridine rings is 1. The fourth-order valence-corrected chi connectivity index (χ4v) is 3.18. The van der Waals surface area contributed by atoms with Crippen molar-refractivity contribution in [3.63, 3.8) is 0 Å². The molecule has 0 unspecified atom stereocenters. The summed E-state index contributed by atoms with van der Waals surface area (Å²) in [5.41, 5.74) is 2.88. The Hall–Kier alpha value is -1.66. The lowest BCUT2D eigenvalue weighted by Gasteiger charge is -2.05. The zero-order chi connectivity index (χ0) is 15.0. The van der Waals surface area contributed by atoms with Crippen LogP contribution < -0.4 is 5.32 Å². The predicted molar refractivity (Wildman–Crippen MR) is 89.7 cm³/mol. The van der Waals surface area contributed by atoms with Gasteiger partial charge in [-0.25, -0.2) is 4.98 Å². The van der Waals surface area contributed by atoms with Gasteiger partial charge in [0, 0.05) is 20.8 Å². The molecule has 3 aromatic rings. The first-order valence-corrected chi connectivity index (χ1v) is 7.84. The van der Waals surface area contributed by atoms with Crippen LogP contribution in [0.15, 0.2) is 51.5 Å². The van der Waals surface area contributed by atoms with Crippen molar-refractivity contribution in [2.75, 3.05) is 5.32 Å². The van der Waals surface area contributed by atoms with Crippen molar-refractivity contribution in [3.05, 3.63) is 62.9 Å². The second kappa shape index (κ2) is 5.61. The minimum atomic E-state index is -0.235. The maximum Gasteiger partial charge on any atom is 0.275 e. The van der Waals surface area contributed by atoms with Crippen molar-refractivity contribution < 1.29 is 4.79 Å². The van der Waals surface area contributed by atoms with Crippen molar-refractivity contribution in [3.8, 4) is 0 Å². The van der Waals surface area contributed by atoms with Gasteiger partial charge in [-0.15, -0.1) is 0 Å². The molecule has 0 atom stereocenters. The van der Waals surface area contributed by atoms with Crippen LogP contribution in [0.5, 0.6) is 0 Å². The summed E-state index contributed by atoms with van der Waals surface area (Å²) in [5.74, 6) is -0.235. The van der Waals surface area contributed by atoms with Gasteiger partial charge in [-0.2, -0.15) is 0 Å². The summed E-state index contributed by atoms with van der Waals surface area (Å²) in [7, 11) is 0. The highest BCUT2D eigenvalue weighted by Gasteiger charge is 2.13. The summed E-state index contributed by atoms with van der Waals surface area (Å²) >= 11 is 6.80. The van der Waals surface area contributed by atoms with Crippen molar-refractivity contribution in [1.29, 1.82) is 0 Å². The molecule has 1 aromatic carbocycles.